The fraction of sp³-hybridized carbons (Fsp3) is 0.650. The van der Waals surface area contributed by atoms with Crippen molar-refractivity contribution in [3.63, 3.8) is 0 Å². The minimum Gasteiger partial charge on any atom is -0.383 e. The van der Waals surface area contributed by atoms with Crippen LogP contribution in [0.1, 0.15) is 31.7 Å². The number of methoxy groups -OCH3 is 1. The molecule has 1 heterocycles. The highest BCUT2D eigenvalue weighted by Crippen LogP contribution is 2.33. The van der Waals surface area contributed by atoms with E-state index in [1.807, 2.05) is 6.07 Å². The molecule has 29 heavy (non-hydrogen) atoms. The number of nitrogens with one attached hydrogen (secondary N) is 3. The molecule has 0 bridgehead atoms. The Balaban J connectivity index is 1.53. The maximum Gasteiger partial charge on any atom is 0.240 e. The first-order valence-electron chi connectivity index (χ1n) is 10.2. The molecule has 3 rings (SSSR count). The molecule has 1 aliphatic carbocycles. The van der Waals surface area contributed by atoms with Crippen LogP contribution in [0.5, 0.6) is 0 Å². The van der Waals surface area contributed by atoms with Crippen LogP contribution in [-0.2, 0) is 21.3 Å². The van der Waals surface area contributed by atoms with Crippen LogP contribution in [0.25, 0.3) is 0 Å². The second-order valence-electron chi connectivity index (χ2n) is 7.82. The van der Waals surface area contributed by atoms with E-state index in [0.29, 0.717) is 25.2 Å². The van der Waals surface area contributed by atoms with Crippen molar-refractivity contribution < 1.29 is 13.2 Å². The van der Waals surface area contributed by atoms with Crippen LogP contribution in [0.3, 0.4) is 0 Å². The summed E-state index contributed by atoms with van der Waals surface area (Å²) in [4.78, 5) is 7.17. The molecule has 1 aliphatic heterocycles. The van der Waals surface area contributed by atoms with Crippen molar-refractivity contribution in [3.05, 3.63) is 29.8 Å². The fourth-order valence-corrected chi connectivity index (χ4v) is 4.92. The number of aliphatic imine (C=N–C) groups is 1. The number of nitrogens with zero attached hydrogens (tertiary/aromatic N) is 2. The average Bonchev–Trinajstić information content (AvgIpc) is 3.48. The van der Waals surface area contributed by atoms with E-state index in [1.165, 1.54) is 20.0 Å². The lowest BCUT2D eigenvalue weighted by atomic mass is 10.2. The topological polar surface area (TPSA) is 95.1 Å². The molecule has 0 spiro atoms. The summed E-state index contributed by atoms with van der Waals surface area (Å²) in [6.07, 6.45) is 3.76. The number of guanidine groups is 1. The molecule has 1 aromatic rings. The van der Waals surface area contributed by atoms with E-state index in [9.17, 15) is 8.42 Å². The van der Waals surface area contributed by atoms with Crippen molar-refractivity contribution >= 4 is 16.0 Å². The Morgan fingerprint density at radius 2 is 2.14 bits per heavy atom. The van der Waals surface area contributed by atoms with Gasteiger partial charge in [0, 0.05) is 51.9 Å². The summed E-state index contributed by atoms with van der Waals surface area (Å²) in [6.45, 7) is 4.42. The molecule has 0 radical (unpaired) electrons. The molecule has 1 saturated carbocycles. The van der Waals surface area contributed by atoms with Crippen LogP contribution in [-0.4, -0.2) is 71.3 Å². The molecule has 162 valence electrons. The van der Waals surface area contributed by atoms with Crippen LogP contribution in [0.15, 0.2) is 34.2 Å². The van der Waals surface area contributed by atoms with Gasteiger partial charge in [-0.2, -0.15) is 0 Å². The molecule has 8 nitrogen and oxygen atoms in total. The van der Waals surface area contributed by atoms with E-state index >= 15 is 0 Å². The van der Waals surface area contributed by atoms with E-state index in [2.05, 4.69) is 32.2 Å². The van der Waals surface area contributed by atoms with Crippen molar-refractivity contribution in [2.24, 2.45) is 4.99 Å². The molecule has 2 fully saturated rings. The molecule has 2 atom stereocenters. The van der Waals surface area contributed by atoms with Crippen molar-refractivity contribution in [1.82, 2.24) is 20.3 Å². The first kappa shape index (κ1) is 22.0. The summed E-state index contributed by atoms with van der Waals surface area (Å²) in [5.74, 6) is 0.742. The van der Waals surface area contributed by atoms with E-state index in [1.54, 1.807) is 25.2 Å². The third kappa shape index (κ3) is 6.15. The molecule has 0 amide bonds. The molecular weight excluding hydrogens is 390 g/mol. The quantitative estimate of drug-likeness (QED) is 0.310. The Morgan fingerprint density at radius 1 is 1.34 bits per heavy atom. The van der Waals surface area contributed by atoms with Gasteiger partial charge in [-0.05, 0) is 43.9 Å². The lowest BCUT2D eigenvalue weighted by molar-refractivity contribution is 0.204. The molecule has 0 aromatic heterocycles. The Labute approximate surface area is 174 Å². The summed E-state index contributed by atoms with van der Waals surface area (Å²) in [5, 5.41) is 6.81. The van der Waals surface area contributed by atoms with Gasteiger partial charge in [-0.1, -0.05) is 12.1 Å². The molecular formula is C20H33N5O3S. The fourth-order valence-electron chi connectivity index (χ4n) is 3.83. The van der Waals surface area contributed by atoms with Gasteiger partial charge < -0.3 is 15.4 Å². The number of hydrogen-bond acceptors (Lipinski definition) is 5. The van der Waals surface area contributed by atoms with E-state index in [4.69, 9.17) is 4.74 Å². The maximum atomic E-state index is 12.4. The Bertz CT molecular complexity index is 810. The predicted molar refractivity (Wildman–Crippen MR) is 114 cm³/mol. The summed E-state index contributed by atoms with van der Waals surface area (Å²) in [7, 11) is -0.246. The molecule has 9 heteroatoms. The van der Waals surface area contributed by atoms with Crippen LogP contribution >= 0.6 is 0 Å². The number of ether oxygens (including phenoxy) is 1. The summed E-state index contributed by atoms with van der Waals surface area (Å²) < 4.78 is 32.2. The molecule has 1 aromatic carbocycles. The average molecular weight is 424 g/mol. The lowest BCUT2D eigenvalue weighted by Crippen LogP contribution is -2.44. The van der Waals surface area contributed by atoms with E-state index < -0.39 is 10.0 Å². The number of hydrogen-bond donors (Lipinski definition) is 3. The zero-order valence-electron chi connectivity index (χ0n) is 17.5. The highest BCUT2D eigenvalue weighted by molar-refractivity contribution is 7.89. The van der Waals surface area contributed by atoms with E-state index in [0.717, 1.165) is 30.5 Å². The maximum absolute atomic E-state index is 12.4. The van der Waals surface area contributed by atoms with Gasteiger partial charge in [-0.15, -0.1) is 0 Å². The Hall–Kier alpha value is -1.68. The molecule has 3 N–H and O–H groups in total. The first-order chi connectivity index (χ1) is 13.9. The minimum atomic E-state index is -3.54. The van der Waals surface area contributed by atoms with Gasteiger partial charge in [0.2, 0.25) is 10.0 Å². The number of rotatable bonds is 9. The highest BCUT2D eigenvalue weighted by Gasteiger charge is 2.38. The summed E-state index contributed by atoms with van der Waals surface area (Å²) >= 11 is 0. The molecule has 2 aliphatic rings. The summed E-state index contributed by atoms with van der Waals surface area (Å²) in [5.41, 5.74) is 0.877. The van der Waals surface area contributed by atoms with Gasteiger partial charge in [0.1, 0.15) is 0 Å². The second-order valence-corrected chi connectivity index (χ2v) is 9.58. The largest absolute Gasteiger partial charge is 0.383 e. The van der Waals surface area contributed by atoms with Gasteiger partial charge in [-0.25, -0.2) is 13.1 Å². The van der Waals surface area contributed by atoms with Gasteiger partial charge in [0.05, 0.1) is 11.5 Å². The van der Waals surface area contributed by atoms with E-state index in [-0.39, 0.29) is 11.4 Å². The van der Waals surface area contributed by atoms with Crippen molar-refractivity contribution in [1.29, 1.82) is 0 Å². The van der Waals surface area contributed by atoms with Gasteiger partial charge in [-0.3, -0.25) is 9.89 Å². The number of likely N-dealkylation sites (tertiary alicyclic amines) is 1. The van der Waals surface area contributed by atoms with Crippen LogP contribution < -0.4 is 15.4 Å². The second kappa shape index (κ2) is 9.88. The normalized spacial score (nSPS) is 23.3. The van der Waals surface area contributed by atoms with Crippen LogP contribution in [0.2, 0.25) is 0 Å². The molecule has 1 saturated heterocycles. The van der Waals surface area contributed by atoms with Gasteiger partial charge >= 0.3 is 0 Å². The third-order valence-electron chi connectivity index (χ3n) is 5.47. The Morgan fingerprint density at radius 3 is 2.83 bits per heavy atom. The monoisotopic (exact) mass is 423 g/mol. The van der Waals surface area contributed by atoms with Crippen LogP contribution in [0.4, 0.5) is 0 Å². The standard InChI is InChI=1S/C20H33N5O3S/c1-15-11-17(14-25(15)18-7-8-18)24-20(21-2)22-13-16-5-4-6-19(12-16)29(26,27)23-9-10-28-3/h4-6,12,15,17-18,23H,7-11,13-14H2,1-3H3,(H2,21,22,24). The van der Waals surface area contributed by atoms with Crippen LogP contribution in [0, 0.1) is 0 Å². The minimum absolute atomic E-state index is 0.246. The van der Waals surface area contributed by atoms with Crippen molar-refractivity contribution in [3.8, 4) is 0 Å². The zero-order chi connectivity index (χ0) is 20.9. The number of benzene rings is 1. The highest BCUT2D eigenvalue weighted by atomic mass is 32.2. The number of sulfonamides is 1. The van der Waals surface area contributed by atoms with Crippen molar-refractivity contribution in [2.45, 2.75) is 55.8 Å². The SMILES string of the molecule is CN=C(NCc1cccc(S(=O)(=O)NCCOC)c1)NC1CC(C)N(C2CC2)C1. The predicted octanol–water partition coefficient (Wildman–Crippen LogP) is 0.902. The van der Waals surface area contributed by atoms with Crippen molar-refractivity contribution in [2.75, 3.05) is 33.9 Å². The van der Waals surface area contributed by atoms with Gasteiger partial charge in [0.25, 0.3) is 0 Å². The van der Waals surface area contributed by atoms with Gasteiger partial charge in [0.15, 0.2) is 5.96 Å². The third-order valence-corrected chi connectivity index (χ3v) is 6.93. The smallest absolute Gasteiger partial charge is 0.240 e. The Kier molecular flexibility index (Phi) is 7.50. The summed E-state index contributed by atoms with van der Waals surface area (Å²) in [6, 6.07) is 8.69. The lowest BCUT2D eigenvalue weighted by Gasteiger charge is -2.20. The zero-order valence-corrected chi connectivity index (χ0v) is 18.3. The molecule has 2 unspecified atom stereocenters. The first-order valence-corrected chi connectivity index (χ1v) is 11.7.